The molecule has 1 aliphatic carbocycles. The number of hydrogen-bond donors (Lipinski definition) is 0. The van der Waals surface area contributed by atoms with Crippen LogP contribution in [0.1, 0.15) is 46.4 Å². The first-order valence-electron chi connectivity index (χ1n) is 8.78. The van der Waals surface area contributed by atoms with Crippen molar-refractivity contribution in [1.29, 1.82) is 0 Å². The van der Waals surface area contributed by atoms with Gasteiger partial charge >= 0.3 is 6.18 Å². The number of carbonyl (C=O) groups excluding carboxylic acids is 1. The van der Waals surface area contributed by atoms with Gasteiger partial charge in [-0.25, -0.2) is 13.5 Å². The van der Waals surface area contributed by atoms with E-state index >= 15 is 0 Å². The fourth-order valence-electron chi connectivity index (χ4n) is 3.03. The standard InChI is InChI=1S/C19H16ClF6N3O/c1-9(12-7-10(19(24,25)26)3-6-13(12)20)8-29(11-4-5-11)18(30)14-15(16(21)22)27-28(2)17(14)23/h3,6-7,11,16H,1,4-5,8H2,2H3. The lowest BCUT2D eigenvalue weighted by molar-refractivity contribution is -0.137. The molecule has 1 aliphatic rings. The molecular formula is C19H16ClF6N3O. The van der Waals surface area contributed by atoms with Gasteiger partial charge in [0.1, 0.15) is 11.3 Å². The van der Waals surface area contributed by atoms with E-state index in [9.17, 15) is 31.1 Å². The van der Waals surface area contributed by atoms with Crippen molar-refractivity contribution < 1.29 is 31.1 Å². The lowest BCUT2D eigenvalue weighted by Crippen LogP contribution is -2.35. The Bertz CT molecular complexity index is 997. The monoisotopic (exact) mass is 451 g/mol. The van der Waals surface area contributed by atoms with Crippen LogP contribution in [0.15, 0.2) is 24.8 Å². The third-order valence-corrected chi connectivity index (χ3v) is 5.04. The van der Waals surface area contributed by atoms with Crippen LogP contribution in [0.2, 0.25) is 5.02 Å². The highest BCUT2D eigenvalue weighted by Crippen LogP contribution is 2.36. The molecular weight excluding hydrogens is 436 g/mol. The molecule has 11 heteroatoms. The number of nitrogens with zero attached hydrogens (tertiary/aromatic N) is 3. The number of alkyl halides is 5. The molecule has 0 bridgehead atoms. The lowest BCUT2D eigenvalue weighted by Gasteiger charge is -2.24. The molecule has 1 aromatic heterocycles. The van der Waals surface area contributed by atoms with Crippen molar-refractivity contribution in [3.05, 3.63) is 58.1 Å². The molecule has 0 N–H and O–H groups in total. The van der Waals surface area contributed by atoms with Crippen LogP contribution < -0.4 is 0 Å². The summed E-state index contributed by atoms with van der Waals surface area (Å²) >= 11 is 6.01. The Labute approximate surface area is 172 Å². The molecule has 1 heterocycles. The van der Waals surface area contributed by atoms with Crippen LogP contribution in [0.25, 0.3) is 5.57 Å². The van der Waals surface area contributed by atoms with Crippen molar-refractivity contribution in [2.24, 2.45) is 7.05 Å². The highest BCUT2D eigenvalue weighted by Gasteiger charge is 2.39. The molecule has 162 valence electrons. The molecule has 1 fully saturated rings. The summed E-state index contributed by atoms with van der Waals surface area (Å²) < 4.78 is 80.4. The zero-order valence-corrected chi connectivity index (χ0v) is 16.4. The van der Waals surface area contributed by atoms with Crippen LogP contribution in [0.4, 0.5) is 26.3 Å². The predicted octanol–water partition coefficient (Wildman–Crippen LogP) is 5.49. The molecule has 0 saturated heterocycles. The molecule has 0 radical (unpaired) electrons. The molecule has 0 spiro atoms. The molecule has 3 rings (SSSR count). The van der Waals surface area contributed by atoms with Crippen molar-refractivity contribution >= 4 is 23.1 Å². The van der Waals surface area contributed by atoms with Crippen LogP contribution in [-0.4, -0.2) is 33.2 Å². The first kappa shape index (κ1) is 22.2. The average Bonchev–Trinajstić information content (AvgIpc) is 3.44. The third-order valence-electron chi connectivity index (χ3n) is 4.71. The molecule has 1 amide bonds. The van der Waals surface area contributed by atoms with Gasteiger partial charge < -0.3 is 4.90 Å². The Morgan fingerprint density at radius 3 is 2.53 bits per heavy atom. The van der Waals surface area contributed by atoms with E-state index in [0.29, 0.717) is 17.5 Å². The van der Waals surface area contributed by atoms with Gasteiger partial charge in [0.15, 0.2) is 0 Å². The summed E-state index contributed by atoms with van der Waals surface area (Å²) in [6, 6.07) is 2.30. The lowest BCUT2D eigenvalue weighted by atomic mass is 10.0. The third kappa shape index (κ3) is 4.33. The van der Waals surface area contributed by atoms with Gasteiger partial charge in [0.25, 0.3) is 12.3 Å². The van der Waals surface area contributed by atoms with E-state index in [4.69, 9.17) is 11.6 Å². The minimum Gasteiger partial charge on any atom is -0.331 e. The summed E-state index contributed by atoms with van der Waals surface area (Å²) in [6.07, 6.45) is -6.71. The van der Waals surface area contributed by atoms with Gasteiger partial charge in [-0.2, -0.15) is 22.7 Å². The maximum absolute atomic E-state index is 14.3. The average molecular weight is 452 g/mol. The minimum atomic E-state index is -4.61. The van der Waals surface area contributed by atoms with Crippen LogP contribution in [0, 0.1) is 5.95 Å². The van der Waals surface area contributed by atoms with Gasteiger partial charge in [-0.3, -0.25) is 4.79 Å². The summed E-state index contributed by atoms with van der Waals surface area (Å²) in [5.74, 6) is -2.24. The van der Waals surface area contributed by atoms with Crippen LogP contribution in [-0.2, 0) is 13.2 Å². The van der Waals surface area contributed by atoms with Crippen LogP contribution in [0.3, 0.4) is 0 Å². The molecule has 0 aliphatic heterocycles. The smallest absolute Gasteiger partial charge is 0.331 e. The Kier molecular flexibility index (Phi) is 5.90. The van der Waals surface area contributed by atoms with E-state index in [1.807, 2.05) is 0 Å². The van der Waals surface area contributed by atoms with Crippen LogP contribution in [0.5, 0.6) is 0 Å². The number of hydrogen-bond acceptors (Lipinski definition) is 2. The van der Waals surface area contributed by atoms with Gasteiger partial charge in [-0.15, -0.1) is 0 Å². The number of aromatic nitrogens is 2. The first-order valence-corrected chi connectivity index (χ1v) is 9.16. The van der Waals surface area contributed by atoms with E-state index < -0.39 is 41.3 Å². The Morgan fingerprint density at radius 1 is 1.37 bits per heavy atom. The van der Waals surface area contributed by atoms with Crippen LogP contribution >= 0.6 is 11.6 Å². The quantitative estimate of drug-likeness (QED) is 0.545. The summed E-state index contributed by atoms with van der Waals surface area (Å²) in [7, 11) is 1.08. The van der Waals surface area contributed by atoms with Gasteiger partial charge in [0, 0.05) is 24.7 Å². The summed E-state index contributed by atoms with van der Waals surface area (Å²) in [5.41, 5.74) is -2.78. The van der Waals surface area contributed by atoms with E-state index in [2.05, 4.69) is 11.7 Å². The van der Waals surface area contributed by atoms with E-state index in [-0.39, 0.29) is 28.7 Å². The Hall–Kier alpha value is -2.49. The van der Waals surface area contributed by atoms with Crippen molar-refractivity contribution in [2.45, 2.75) is 31.5 Å². The SMILES string of the molecule is C=C(CN(C(=O)c1c(C(F)F)nn(C)c1F)C1CC1)c1cc(C(F)(F)F)ccc1Cl. The predicted molar refractivity (Wildman–Crippen MR) is 97.7 cm³/mol. The molecule has 2 aromatic rings. The van der Waals surface area contributed by atoms with E-state index in [1.165, 1.54) is 0 Å². The Balaban J connectivity index is 1.93. The number of rotatable bonds is 6. The van der Waals surface area contributed by atoms with Crippen molar-refractivity contribution in [1.82, 2.24) is 14.7 Å². The molecule has 0 atom stereocenters. The number of halogens is 7. The fourth-order valence-corrected chi connectivity index (χ4v) is 3.28. The second kappa shape index (κ2) is 7.98. The highest BCUT2D eigenvalue weighted by atomic mass is 35.5. The molecule has 1 aromatic carbocycles. The number of carbonyl (C=O) groups is 1. The van der Waals surface area contributed by atoms with Gasteiger partial charge in [0.05, 0.1) is 5.56 Å². The summed E-state index contributed by atoms with van der Waals surface area (Å²) in [4.78, 5) is 14.0. The number of benzene rings is 1. The van der Waals surface area contributed by atoms with E-state index in [1.54, 1.807) is 0 Å². The summed E-state index contributed by atoms with van der Waals surface area (Å²) in [5, 5.41) is 3.34. The number of aryl methyl sites for hydroxylation is 1. The first-order chi connectivity index (χ1) is 13.9. The second-order valence-electron chi connectivity index (χ2n) is 6.94. The number of amides is 1. The van der Waals surface area contributed by atoms with Crippen molar-refractivity contribution in [3.8, 4) is 0 Å². The zero-order chi connectivity index (χ0) is 22.4. The topological polar surface area (TPSA) is 38.1 Å². The van der Waals surface area contributed by atoms with Crippen molar-refractivity contribution in [3.63, 3.8) is 0 Å². The van der Waals surface area contributed by atoms with Crippen molar-refractivity contribution in [2.75, 3.05) is 6.54 Å². The summed E-state index contributed by atoms with van der Waals surface area (Å²) in [6.45, 7) is 3.41. The van der Waals surface area contributed by atoms with Gasteiger partial charge in [-0.1, -0.05) is 18.2 Å². The Morgan fingerprint density at radius 2 is 2.00 bits per heavy atom. The normalized spacial score (nSPS) is 14.3. The highest BCUT2D eigenvalue weighted by molar-refractivity contribution is 6.32. The molecule has 4 nitrogen and oxygen atoms in total. The van der Waals surface area contributed by atoms with Gasteiger partial charge in [-0.05, 0) is 42.2 Å². The zero-order valence-electron chi connectivity index (χ0n) is 15.6. The molecule has 1 saturated carbocycles. The second-order valence-corrected chi connectivity index (χ2v) is 7.34. The minimum absolute atomic E-state index is 0.0166. The molecule has 0 unspecified atom stereocenters. The van der Waals surface area contributed by atoms with E-state index in [0.717, 1.165) is 30.1 Å². The maximum atomic E-state index is 14.3. The molecule has 30 heavy (non-hydrogen) atoms. The van der Waals surface area contributed by atoms with Gasteiger partial charge in [0.2, 0.25) is 5.95 Å². The largest absolute Gasteiger partial charge is 0.416 e. The fraction of sp³-hybridized carbons (Fsp3) is 0.368. The maximum Gasteiger partial charge on any atom is 0.416 e.